The number of pyridine rings is 1. The summed E-state index contributed by atoms with van der Waals surface area (Å²) in [6.07, 6.45) is 1.92. The summed E-state index contributed by atoms with van der Waals surface area (Å²) in [6, 6.07) is 40.7. The predicted octanol–water partition coefficient (Wildman–Crippen LogP) is 14.0. The van der Waals surface area contributed by atoms with Gasteiger partial charge in [0.25, 0.3) is 0 Å². The summed E-state index contributed by atoms with van der Waals surface area (Å²) in [7, 11) is 0. The average molecular weight is 740 g/mol. The highest BCUT2D eigenvalue weighted by atomic mass is 16.3. The van der Waals surface area contributed by atoms with E-state index in [1.54, 1.807) is 6.07 Å². The molecule has 0 saturated heterocycles. The van der Waals surface area contributed by atoms with E-state index in [-0.39, 0.29) is 27.4 Å². The monoisotopic (exact) mass is 739 g/mol. The minimum Gasteiger partial charge on any atom is -0.507 e. The van der Waals surface area contributed by atoms with Crippen molar-refractivity contribution in [2.75, 3.05) is 0 Å². The molecule has 4 nitrogen and oxygen atoms in total. The molecule has 0 aliphatic heterocycles. The Bertz CT molecular complexity index is 2530. The van der Waals surface area contributed by atoms with Gasteiger partial charge >= 0.3 is 0 Å². The summed E-state index contributed by atoms with van der Waals surface area (Å²) in [5.74, 6) is 0.922. The highest BCUT2D eigenvalue weighted by Crippen LogP contribution is 2.45. The molecule has 2 heterocycles. The number of benzene rings is 5. The molecule has 4 heteroatoms. The maximum atomic E-state index is 11.5. The van der Waals surface area contributed by atoms with Gasteiger partial charge in [0.05, 0.1) is 28.0 Å². The van der Waals surface area contributed by atoms with Crippen LogP contribution in [-0.2, 0) is 21.7 Å². The second-order valence-corrected chi connectivity index (χ2v) is 19.5. The van der Waals surface area contributed by atoms with Crippen LogP contribution in [0.25, 0.3) is 61.6 Å². The Labute approximate surface area is 334 Å². The molecule has 0 atom stereocenters. The quantitative estimate of drug-likeness (QED) is 0.191. The van der Waals surface area contributed by atoms with Gasteiger partial charge in [-0.15, -0.1) is 0 Å². The van der Waals surface area contributed by atoms with E-state index in [2.05, 4.69) is 179 Å². The first kappa shape index (κ1) is 38.8. The van der Waals surface area contributed by atoms with E-state index in [1.807, 2.05) is 24.4 Å². The van der Waals surface area contributed by atoms with E-state index in [4.69, 9.17) is 9.97 Å². The van der Waals surface area contributed by atoms with Crippen LogP contribution in [0.5, 0.6) is 5.75 Å². The molecule has 0 unspecified atom stereocenters. The fourth-order valence-electron chi connectivity index (χ4n) is 7.66. The second-order valence-electron chi connectivity index (χ2n) is 19.5. The van der Waals surface area contributed by atoms with Gasteiger partial charge < -0.3 is 5.11 Å². The van der Waals surface area contributed by atoms with Gasteiger partial charge in [-0.2, -0.15) is 0 Å². The number of imidazole rings is 1. The normalized spacial score (nSPS) is 12.7. The van der Waals surface area contributed by atoms with Gasteiger partial charge in [-0.3, -0.25) is 9.55 Å². The maximum Gasteiger partial charge on any atom is 0.149 e. The lowest BCUT2D eigenvalue weighted by atomic mass is 9.78. The molecular formula is C52H57N3O. The van der Waals surface area contributed by atoms with Crippen LogP contribution in [0, 0.1) is 0 Å². The van der Waals surface area contributed by atoms with E-state index in [9.17, 15) is 5.11 Å². The van der Waals surface area contributed by atoms with Crippen molar-refractivity contribution in [2.24, 2.45) is 0 Å². The van der Waals surface area contributed by atoms with E-state index < -0.39 is 0 Å². The number of phenolic OH excluding ortho intramolecular Hbond substituents is 1. The number of rotatable bonds is 5. The van der Waals surface area contributed by atoms with E-state index in [0.717, 1.165) is 56.1 Å². The minimum atomic E-state index is -0.176. The standard InChI is InChI=1S/C52H57N3O/c1-49(2,3)37-28-35(27-36(29-37)43-30-34(25-26-53-43)33-19-14-13-15-20-33)40-31-38(50(4,5)6)32-44-46(40)54-48(39-21-16-17-24-45(39)56)55(44)47-41(51(7,8)9)22-18-23-42(47)52(10,11)12/h13-32,56H,1-12H3. The molecule has 0 fully saturated rings. The number of aromatic nitrogens is 3. The smallest absolute Gasteiger partial charge is 0.149 e. The summed E-state index contributed by atoms with van der Waals surface area (Å²) >= 11 is 0. The maximum absolute atomic E-state index is 11.5. The van der Waals surface area contributed by atoms with Crippen molar-refractivity contribution in [1.82, 2.24) is 14.5 Å². The summed E-state index contributed by atoms with van der Waals surface area (Å²) in [5.41, 5.74) is 14.4. The minimum absolute atomic E-state index is 0.129. The largest absolute Gasteiger partial charge is 0.507 e. The number of aromatic hydroxyl groups is 1. The topological polar surface area (TPSA) is 50.9 Å². The number of nitrogens with zero attached hydrogens (tertiary/aromatic N) is 3. The first-order chi connectivity index (χ1) is 26.2. The molecule has 0 aliphatic rings. The summed E-state index contributed by atoms with van der Waals surface area (Å²) < 4.78 is 2.35. The van der Waals surface area contributed by atoms with Crippen molar-refractivity contribution in [2.45, 2.75) is 105 Å². The molecule has 0 spiro atoms. The molecule has 2 aromatic heterocycles. The Morgan fingerprint density at radius 3 is 1.68 bits per heavy atom. The third-order valence-corrected chi connectivity index (χ3v) is 10.9. The molecule has 0 bridgehead atoms. The van der Waals surface area contributed by atoms with Crippen molar-refractivity contribution in [1.29, 1.82) is 0 Å². The van der Waals surface area contributed by atoms with Crippen LogP contribution >= 0.6 is 0 Å². The summed E-state index contributed by atoms with van der Waals surface area (Å²) in [6.45, 7) is 27.3. The number of hydrogen-bond donors (Lipinski definition) is 1. The highest BCUT2D eigenvalue weighted by molar-refractivity contribution is 5.98. The molecule has 0 saturated carbocycles. The van der Waals surface area contributed by atoms with Crippen LogP contribution in [0.3, 0.4) is 0 Å². The van der Waals surface area contributed by atoms with Crippen LogP contribution in [-0.4, -0.2) is 19.6 Å². The fourth-order valence-corrected chi connectivity index (χ4v) is 7.66. The van der Waals surface area contributed by atoms with Crippen molar-refractivity contribution >= 4 is 11.0 Å². The Morgan fingerprint density at radius 2 is 1.07 bits per heavy atom. The predicted molar refractivity (Wildman–Crippen MR) is 237 cm³/mol. The summed E-state index contributed by atoms with van der Waals surface area (Å²) in [5, 5.41) is 11.5. The number of fused-ring (bicyclic) bond motifs is 1. The van der Waals surface area contributed by atoms with Crippen molar-refractivity contribution < 1.29 is 5.11 Å². The zero-order chi connectivity index (χ0) is 40.4. The van der Waals surface area contributed by atoms with Gasteiger partial charge in [0.2, 0.25) is 0 Å². The average Bonchev–Trinajstić information content (AvgIpc) is 3.52. The van der Waals surface area contributed by atoms with Crippen LogP contribution in [0.4, 0.5) is 0 Å². The molecule has 5 aromatic carbocycles. The van der Waals surface area contributed by atoms with Gasteiger partial charge in [-0.25, -0.2) is 4.98 Å². The van der Waals surface area contributed by atoms with Crippen LogP contribution in [0.2, 0.25) is 0 Å². The summed E-state index contributed by atoms with van der Waals surface area (Å²) in [4.78, 5) is 10.5. The fraction of sp³-hybridized carbons (Fsp3) is 0.308. The molecule has 7 aromatic rings. The zero-order valence-corrected chi connectivity index (χ0v) is 35.3. The van der Waals surface area contributed by atoms with Crippen LogP contribution in [0.15, 0.2) is 121 Å². The number of hydrogen-bond acceptors (Lipinski definition) is 3. The first-order valence-corrected chi connectivity index (χ1v) is 19.9. The second kappa shape index (κ2) is 13.9. The lowest BCUT2D eigenvalue weighted by Crippen LogP contribution is -2.22. The third-order valence-electron chi connectivity index (χ3n) is 10.9. The van der Waals surface area contributed by atoms with Gasteiger partial charge in [0.15, 0.2) is 0 Å². The molecule has 286 valence electrons. The lowest BCUT2D eigenvalue weighted by Gasteiger charge is -2.31. The van der Waals surface area contributed by atoms with Crippen molar-refractivity contribution in [3.8, 4) is 56.3 Å². The molecule has 0 radical (unpaired) electrons. The molecule has 1 N–H and O–H groups in total. The Balaban J connectivity index is 1.63. The van der Waals surface area contributed by atoms with E-state index >= 15 is 0 Å². The number of phenols is 1. The van der Waals surface area contributed by atoms with E-state index in [0.29, 0.717) is 5.56 Å². The third kappa shape index (κ3) is 7.42. The molecule has 0 amide bonds. The van der Waals surface area contributed by atoms with Crippen molar-refractivity contribution in [3.05, 3.63) is 144 Å². The molecule has 7 rings (SSSR count). The van der Waals surface area contributed by atoms with Gasteiger partial charge in [0.1, 0.15) is 11.6 Å². The lowest BCUT2D eigenvalue weighted by molar-refractivity contribution is 0.477. The van der Waals surface area contributed by atoms with Crippen LogP contribution in [0.1, 0.15) is 105 Å². The van der Waals surface area contributed by atoms with Gasteiger partial charge in [0, 0.05) is 17.3 Å². The molecule has 56 heavy (non-hydrogen) atoms. The van der Waals surface area contributed by atoms with E-state index in [1.165, 1.54) is 22.3 Å². The molecule has 0 aliphatic carbocycles. The Kier molecular flexibility index (Phi) is 9.64. The number of para-hydroxylation sites is 2. The first-order valence-electron chi connectivity index (χ1n) is 19.9. The Hall–Kier alpha value is -5.48. The Morgan fingerprint density at radius 1 is 0.482 bits per heavy atom. The van der Waals surface area contributed by atoms with Gasteiger partial charge in [-0.05, 0) is 109 Å². The van der Waals surface area contributed by atoms with Gasteiger partial charge in [-0.1, -0.05) is 150 Å². The highest BCUT2D eigenvalue weighted by Gasteiger charge is 2.31. The zero-order valence-electron chi connectivity index (χ0n) is 35.3. The SMILES string of the molecule is CC(C)(C)c1cc(-c2cc(-c3ccccc3)ccn2)cc(-c2cc(C(C)(C)C)cc3c2nc(-c2ccccc2O)n3-c2c(C(C)(C)C)cccc2C(C)(C)C)c1. The van der Waals surface area contributed by atoms with Crippen molar-refractivity contribution in [3.63, 3.8) is 0 Å². The van der Waals surface area contributed by atoms with Crippen LogP contribution < -0.4 is 0 Å². The molecular weight excluding hydrogens is 683 g/mol.